The molecule has 0 N–H and O–H groups in total. The molecule has 1 aromatic heterocycles. The summed E-state index contributed by atoms with van der Waals surface area (Å²) >= 11 is 0. The molecule has 172 valence electrons. The lowest BCUT2D eigenvalue weighted by atomic mass is 10.2. The number of anilines is 2. The Morgan fingerprint density at radius 1 is 1.00 bits per heavy atom. The van der Waals surface area contributed by atoms with Crippen LogP contribution in [0.4, 0.5) is 11.4 Å². The number of hydrogen-bond acceptors (Lipinski definition) is 8. The van der Waals surface area contributed by atoms with Crippen LogP contribution >= 0.6 is 0 Å². The van der Waals surface area contributed by atoms with Crippen molar-refractivity contribution in [3.8, 4) is 6.07 Å². The van der Waals surface area contributed by atoms with Gasteiger partial charge in [0.1, 0.15) is 23.3 Å². The van der Waals surface area contributed by atoms with Gasteiger partial charge in [0.05, 0.1) is 28.7 Å². The summed E-state index contributed by atoms with van der Waals surface area (Å²) in [5.41, 5.74) is 2.00. The van der Waals surface area contributed by atoms with E-state index in [4.69, 9.17) is 4.74 Å². The normalized spacial score (nSPS) is 12.5. The van der Waals surface area contributed by atoms with Crippen LogP contribution in [-0.2, 0) is 27.8 Å². The number of aryl methyl sites for hydroxylation is 2. The van der Waals surface area contributed by atoms with Gasteiger partial charge in [0.25, 0.3) is 5.56 Å². The molecule has 0 fully saturated rings. The summed E-state index contributed by atoms with van der Waals surface area (Å²) in [7, 11) is 5.32. The number of hydrogen-bond donors (Lipinski definition) is 0. The number of nitriles is 1. The molecule has 1 aliphatic heterocycles. The summed E-state index contributed by atoms with van der Waals surface area (Å²) in [5.74, 6) is -0.332. The van der Waals surface area contributed by atoms with E-state index < -0.39 is 18.4 Å². The molecule has 0 aliphatic carbocycles. The highest BCUT2D eigenvalue weighted by atomic mass is 16.5. The van der Waals surface area contributed by atoms with Gasteiger partial charge in [0, 0.05) is 27.6 Å². The van der Waals surface area contributed by atoms with Crippen LogP contribution in [0.2, 0.25) is 0 Å². The maximum Gasteiger partial charge on any atom is 0.306 e. The number of aromatic nitrogens is 2. The zero-order valence-electron chi connectivity index (χ0n) is 19.1. The van der Waals surface area contributed by atoms with E-state index in [9.17, 15) is 19.6 Å². The molecule has 0 atom stereocenters. The van der Waals surface area contributed by atoms with Gasteiger partial charge in [-0.15, -0.1) is 0 Å². The lowest BCUT2D eigenvalue weighted by Crippen LogP contribution is -2.28. The van der Waals surface area contributed by atoms with Gasteiger partial charge in [-0.25, -0.2) is 0 Å². The maximum atomic E-state index is 12.8. The van der Waals surface area contributed by atoms with Gasteiger partial charge in [-0.05, 0) is 24.3 Å². The number of fused-ring (bicyclic) bond motifs is 2. The quantitative estimate of drug-likeness (QED) is 0.315. The Bertz CT molecular complexity index is 1400. The minimum Gasteiger partial charge on any atom is -0.457 e. The predicted molar refractivity (Wildman–Crippen MR) is 127 cm³/mol. The Hall–Kier alpha value is -4.45. The van der Waals surface area contributed by atoms with E-state index in [-0.39, 0.29) is 24.0 Å². The monoisotopic (exact) mass is 457 g/mol. The van der Waals surface area contributed by atoms with Crippen molar-refractivity contribution in [2.45, 2.75) is 12.8 Å². The molecule has 34 heavy (non-hydrogen) atoms. The standard InChI is InChI=1S/C25H23N5O4/c1-28-18-9-5-4-8-16(18)24(33)27-22(28)12-13-23(32)34-15-21(31)17(14-26)25-29(2)19-10-6-7-11-20(19)30(25)3/h4-11H,12-13,15H2,1-3H3. The van der Waals surface area contributed by atoms with E-state index >= 15 is 0 Å². The van der Waals surface area contributed by atoms with Crippen molar-refractivity contribution in [2.24, 2.45) is 7.05 Å². The zero-order chi connectivity index (χ0) is 24.4. The predicted octanol–water partition coefficient (Wildman–Crippen LogP) is 2.30. The van der Waals surface area contributed by atoms with E-state index in [1.54, 1.807) is 47.6 Å². The van der Waals surface area contributed by atoms with E-state index in [0.717, 1.165) is 16.9 Å². The van der Waals surface area contributed by atoms with Crippen LogP contribution < -0.4 is 15.4 Å². The average Bonchev–Trinajstić information content (AvgIpc) is 3.10. The molecule has 3 aromatic rings. The number of ether oxygens (including phenoxy) is 1. The Kier molecular flexibility index (Phi) is 6.15. The van der Waals surface area contributed by atoms with Gasteiger partial charge in [-0.1, -0.05) is 24.3 Å². The average molecular weight is 457 g/mol. The van der Waals surface area contributed by atoms with Crippen LogP contribution in [0.25, 0.3) is 10.9 Å². The van der Waals surface area contributed by atoms with Crippen molar-refractivity contribution in [3.05, 3.63) is 76.1 Å². The Morgan fingerprint density at radius 2 is 1.62 bits per heavy atom. The summed E-state index contributed by atoms with van der Waals surface area (Å²) in [6.07, 6.45) is 0.117. The minimum absolute atomic E-state index is 0.0599. The van der Waals surface area contributed by atoms with Crippen molar-refractivity contribution < 1.29 is 14.3 Å². The summed E-state index contributed by atoms with van der Waals surface area (Å²) in [5, 5.41) is 10.2. The summed E-state index contributed by atoms with van der Waals surface area (Å²) in [6.45, 7) is -0.548. The Labute approximate surface area is 196 Å². The molecule has 0 bridgehead atoms. The number of carbonyl (C=O) groups excluding carboxylic acids is 2. The van der Waals surface area contributed by atoms with Gasteiger partial charge in [0.15, 0.2) is 6.61 Å². The molecule has 0 amide bonds. The number of nitrogens with zero attached hydrogens (tertiary/aromatic N) is 5. The highest BCUT2D eigenvalue weighted by molar-refractivity contribution is 6.03. The molecule has 0 spiro atoms. The topological polar surface area (TPSA) is 109 Å². The second-order valence-corrected chi connectivity index (χ2v) is 7.91. The van der Waals surface area contributed by atoms with Crippen molar-refractivity contribution in [1.82, 2.24) is 9.55 Å². The van der Waals surface area contributed by atoms with E-state index in [0.29, 0.717) is 17.0 Å². The summed E-state index contributed by atoms with van der Waals surface area (Å²) in [6, 6.07) is 16.6. The number of carbonyl (C=O) groups is 2. The molecule has 1 aliphatic rings. The first kappa shape index (κ1) is 22.7. The largest absolute Gasteiger partial charge is 0.457 e. The SMILES string of the molecule is CN1C(=C(C#N)C(=O)COC(=O)CCc2nc(=O)c3ccccc3n2C)N(C)c2ccccc21. The number of esters is 1. The van der Waals surface area contributed by atoms with E-state index in [1.165, 1.54) is 0 Å². The second-order valence-electron chi connectivity index (χ2n) is 7.91. The van der Waals surface area contributed by atoms with Gasteiger partial charge in [-0.3, -0.25) is 14.4 Å². The molecule has 9 nitrogen and oxygen atoms in total. The molecular weight excluding hydrogens is 434 g/mol. The first-order valence-electron chi connectivity index (χ1n) is 10.7. The van der Waals surface area contributed by atoms with Crippen molar-refractivity contribution in [3.63, 3.8) is 0 Å². The Morgan fingerprint density at radius 3 is 2.26 bits per heavy atom. The van der Waals surface area contributed by atoms with Gasteiger partial charge >= 0.3 is 5.97 Å². The lowest BCUT2D eigenvalue weighted by molar-refractivity contribution is -0.147. The summed E-state index contributed by atoms with van der Waals surface area (Å²) < 4.78 is 6.91. The molecule has 2 aromatic carbocycles. The van der Waals surface area contributed by atoms with Gasteiger partial charge in [0.2, 0.25) is 5.78 Å². The van der Waals surface area contributed by atoms with Crippen molar-refractivity contribution in [2.75, 3.05) is 30.5 Å². The van der Waals surface area contributed by atoms with Crippen LogP contribution in [0.15, 0.2) is 64.7 Å². The van der Waals surface area contributed by atoms with Crippen LogP contribution in [0.3, 0.4) is 0 Å². The smallest absolute Gasteiger partial charge is 0.306 e. The second kappa shape index (κ2) is 9.19. The van der Waals surface area contributed by atoms with Crippen LogP contribution in [-0.4, -0.2) is 42.0 Å². The highest BCUT2D eigenvalue weighted by Crippen LogP contribution is 2.40. The third-order valence-electron chi connectivity index (χ3n) is 5.88. The van der Waals surface area contributed by atoms with E-state index in [2.05, 4.69) is 4.98 Å². The number of para-hydroxylation sites is 3. The Balaban J connectivity index is 1.43. The first-order valence-corrected chi connectivity index (χ1v) is 10.7. The van der Waals surface area contributed by atoms with Crippen molar-refractivity contribution >= 4 is 34.0 Å². The van der Waals surface area contributed by atoms with Crippen LogP contribution in [0.5, 0.6) is 0 Å². The fraction of sp³-hybridized carbons (Fsp3) is 0.240. The molecule has 0 unspecified atom stereocenters. The third kappa shape index (κ3) is 4.01. The molecule has 2 heterocycles. The number of benzene rings is 2. The van der Waals surface area contributed by atoms with Crippen LogP contribution in [0.1, 0.15) is 12.2 Å². The van der Waals surface area contributed by atoms with Crippen LogP contribution in [0, 0.1) is 11.3 Å². The first-order chi connectivity index (χ1) is 16.3. The molecule has 0 saturated carbocycles. The van der Waals surface area contributed by atoms with Gasteiger partial charge in [-0.2, -0.15) is 10.2 Å². The van der Waals surface area contributed by atoms with Gasteiger partial charge < -0.3 is 19.1 Å². The molecule has 4 rings (SSSR count). The number of Topliss-reactive ketones (excluding diaryl/α,β-unsaturated/α-hetero) is 1. The number of ketones is 1. The molecular formula is C25H23N5O4. The zero-order valence-corrected chi connectivity index (χ0v) is 19.1. The maximum absolute atomic E-state index is 12.8. The molecule has 0 saturated heterocycles. The lowest BCUT2D eigenvalue weighted by Gasteiger charge is -2.19. The molecule has 0 radical (unpaired) electrons. The fourth-order valence-electron chi connectivity index (χ4n) is 4.12. The summed E-state index contributed by atoms with van der Waals surface area (Å²) in [4.78, 5) is 44.9. The fourth-order valence-corrected chi connectivity index (χ4v) is 4.12. The van der Waals surface area contributed by atoms with E-state index in [1.807, 2.05) is 42.5 Å². The number of rotatable bonds is 6. The third-order valence-corrected chi connectivity index (χ3v) is 5.88. The van der Waals surface area contributed by atoms with Crippen molar-refractivity contribution in [1.29, 1.82) is 5.26 Å². The highest BCUT2D eigenvalue weighted by Gasteiger charge is 2.31. The molecule has 9 heteroatoms. The minimum atomic E-state index is -0.616.